The van der Waals surface area contributed by atoms with Crippen molar-refractivity contribution in [2.75, 3.05) is 0 Å². The molecule has 0 spiro atoms. The topological polar surface area (TPSA) is 79.2 Å². The van der Waals surface area contributed by atoms with E-state index >= 15 is 0 Å². The number of amides is 1. The molecule has 1 N–H and O–H groups in total. The molecule has 1 heterocycles. The summed E-state index contributed by atoms with van der Waals surface area (Å²) in [6.45, 7) is 7.51. The van der Waals surface area contributed by atoms with Gasteiger partial charge in [-0.05, 0) is 94.5 Å². The third-order valence-corrected chi connectivity index (χ3v) is 7.81. The smallest absolute Gasteiger partial charge is 0.347 e. The molecule has 0 radical (unpaired) electrons. The van der Waals surface area contributed by atoms with E-state index in [1.54, 1.807) is 5.01 Å². The fraction of sp³-hybridized carbons (Fsp3) is 0.516. The van der Waals surface area contributed by atoms with Crippen molar-refractivity contribution in [2.45, 2.75) is 97.1 Å². The van der Waals surface area contributed by atoms with Crippen molar-refractivity contribution in [2.24, 2.45) is 10.5 Å². The Morgan fingerprint density at radius 3 is 2.24 bits per heavy atom. The number of carboxylic acids is 1. The average Bonchev–Trinajstić information content (AvgIpc) is 3.09. The van der Waals surface area contributed by atoms with Crippen molar-refractivity contribution in [3.8, 4) is 5.75 Å². The van der Waals surface area contributed by atoms with Gasteiger partial charge in [-0.2, -0.15) is 5.10 Å². The second kappa shape index (κ2) is 11.1. The normalized spacial score (nSPS) is 18.1. The van der Waals surface area contributed by atoms with E-state index in [-0.39, 0.29) is 5.91 Å². The minimum atomic E-state index is -1.27. The average molecular weight is 505 g/mol. The van der Waals surface area contributed by atoms with Gasteiger partial charge in [0, 0.05) is 0 Å². The lowest BCUT2D eigenvalue weighted by atomic mass is 9.84. The molecule has 0 bridgehead atoms. The van der Waals surface area contributed by atoms with E-state index in [0.29, 0.717) is 18.2 Å². The Morgan fingerprint density at radius 1 is 1.00 bits per heavy atom. The number of hydrogen-bond donors (Lipinski definition) is 1. The van der Waals surface area contributed by atoms with Crippen LogP contribution in [0.1, 0.15) is 95.2 Å². The molecule has 1 amide bonds. The molecule has 1 saturated carbocycles. The molecular formula is C31H40N2O4. The van der Waals surface area contributed by atoms with Crippen LogP contribution in [-0.4, -0.2) is 33.3 Å². The number of hydrogen-bond acceptors (Lipinski definition) is 4. The van der Waals surface area contributed by atoms with Crippen molar-refractivity contribution in [1.29, 1.82) is 0 Å². The van der Waals surface area contributed by atoms with E-state index in [4.69, 9.17) is 9.84 Å². The van der Waals surface area contributed by atoms with Crippen molar-refractivity contribution in [1.82, 2.24) is 5.01 Å². The lowest BCUT2D eigenvalue weighted by Gasteiger charge is -2.22. The maximum absolute atomic E-state index is 13.1. The van der Waals surface area contributed by atoms with Crippen LogP contribution in [0.25, 0.3) is 0 Å². The lowest BCUT2D eigenvalue weighted by molar-refractivity contribution is -0.152. The van der Waals surface area contributed by atoms with Crippen LogP contribution in [0.3, 0.4) is 0 Å². The molecule has 1 fully saturated rings. The Bertz CT molecular complexity index is 1130. The highest BCUT2D eigenvalue weighted by Gasteiger charge is 2.42. The zero-order valence-electron chi connectivity index (χ0n) is 22.6. The molecule has 6 heteroatoms. The Morgan fingerprint density at radius 2 is 1.62 bits per heavy atom. The maximum Gasteiger partial charge on any atom is 0.347 e. The molecule has 2 aromatic rings. The van der Waals surface area contributed by atoms with Crippen LogP contribution in [0.4, 0.5) is 0 Å². The Labute approximate surface area is 220 Å². The van der Waals surface area contributed by atoms with Crippen LogP contribution < -0.4 is 4.74 Å². The maximum atomic E-state index is 13.1. The molecule has 1 aliphatic heterocycles. The highest BCUT2D eigenvalue weighted by atomic mass is 16.5. The number of aryl methyl sites for hydroxylation is 1. The molecule has 2 aromatic carbocycles. The molecule has 0 saturated heterocycles. The van der Waals surface area contributed by atoms with Crippen LogP contribution in [0.15, 0.2) is 53.6 Å². The van der Waals surface area contributed by atoms with Crippen LogP contribution >= 0.6 is 0 Å². The Kier molecular flexibility index (Phi) is 8.05. The predicted octanol–water partition coefficient (Wildman–Crippen LogP) is 6.72. The first kappa shape index (κ1) is 26.9. The molecule has 2 aliphatic rings. The Hall–Kier alpha value is -3.15. The summed E-state index contributed by atoms with van der Waals surface area (Å²) in [5.74, 6) is 0.267. The summed E-state index contributed by atoms with van der Waals surface area (Å²) in [7, 11) is 0. The van der Waals surface area contributed by atoms with E-state index in [1.807, 2.05) is 38.1 Å². The van der Waals surface area contributed by atoms with Gasteiger partial charge in [-0.25, -0.2) is 9.80 Å². The number of carbonyl (C=O) groups is 2. The molecule has 37 heavy (non-hydrogen) atoms. The second-order valence-electron chi connectivity index (χ2n) is 11.5. The number of rotatable bonds is 10. The second-order valence-corrected chi connectivity index (χ2v) is 11.5. The summed E-state index contributed by atoms with van der Waals surface area (Å²) in [5, 5.41) is 15.6. The number of hydrazone groups is 1. The van der Waals surface area contributed by atoms with E-state index in [0.717, 1.165) is 36.1 Å². The molecule has 0 unspecified atom stereocenters. The van der Waals surface area contributed by atoms with E-state index in [1.165, 1.54) is 51.5 Å². The monoisotopic (exact) mass is 504 g/mol. The number of aliphatic carboxylic acids is 1. The molecule has 6 nitrogen and oxygen atoms in total. The van der Waals surface area contributed by atoms with Gasteiger partial charge in [0.2, 0.25) is 0 Å². The Balaban J connectivity index is 1.32. The van der Waals surface area contributed by atoms with Crippen LogP contribution in [0, 0.1) is 5.41 Å². The van der Waals surface area contributed by atoms with Gasteiger partial charge < -0.3 is 9.84 Å². The molecule has 0 aromatic heterocycles. The first-order valence-corrected chi connectivity index (χ1v) is 13.6. The summed E-state index contributed by atoms with van der Waals surface area (Å²) in [5.41, 5.74) is 2.73. The van der Waals surface area contributed by atoms with E-state index in [9.17, 15) is 14.7 Å². The van der Waals surface area contributed by atoms with Gasteiger partial charge in [-0.3, -0.25) is 4.79 Å². The molecule has 0 atom stereocenters. The summed E-state index contributed by atoms with van der Waals surface area (Å²) in [6.07, 6.45) is 9.04. The van der Waals surface area contributed by atoms with Crippen molar-refractivity contribution < 1.29 is 19.4 Å². The molecule has 1 aliphatic carbocycles. The summed E-state index contributed by atoms with van der Waals surface area (Å²) >= 11 is 0. The van der Waals surface area contributed by atoms with E-state index < -0.39 is 17.0 Å². The van der Waals surface area contributed by atoms with E-state index in [2.05, 4.69) is 24.3 Å². The summed E-state index contributed by atoms with van der Waals surface area (Å²) < 4.78 is 5.58. The quantitative estimate of drug-likeness (QED) is 0.389. The van der Waals surface area contributed by atoms with Crippen molar-refractivity contribution >= 4 is 17.6 Å². The largest absolute Gasteiger partial charge is 0.478 e. The minimum Gasteiger partial charge on any atom is -0.478 e. The molecular weight excluding hydrogens is 464 g/mol. The SMILES string of the molecule is CC(C)(Oc1ccc(CCCC2=NN(Cc3ccc(C4CCCCC4)cc3)C(=O)C2(C)C)cc1)C(=O)O. The molecule has 4 rings (SSSR count). The zero-order valence-corrected chi connectivity index (χ0v) is 22.6. The van der Waals surface area contributed by atoms with Gasteiger partial charge in [0.25, 0.3) is 5.91 Å². The zero-order chi connectivity index (χ0) is 26.6. The van der Waals surface area contributed by atoms with Gasteiger partial charge in [0.1, 0.15) is 5.75 Å². The highest BCUT2D eigenvalue weighted by Crippen LogP contribution is 2.34. The summed E-state index contributed by atoms with van der Waals surface area (Å²) in [6, 6.07) is 16.3. The highest BCUT2D eigenvalue weighted by molar-refractivity contribution is 6.11. The summed E-state index contributed by atoms with van der Waals surface area (Å²) in [4.78, 5) is 24.4. The lowest BCUT2D eigenvalue weighted by Crippen LogP contribution is -2.37. The van der Waals surface area contributed by atoms with Crippen LogP contribution in [0.2, 0.25) is 0 Å². The third kappa shape index (κ3) is 6.41. The molecule has 198 valence electrons. The van der Waals surface area contributed by atoms with Crippen molar-refractivity contribution in [3.05, 3.63) is 65.2 Å². The fourth-order valence-corrected chi connectivity index (χ4v) is 5.26. The van der Waals surface area contributed by atoms with Gasteiger partial charge in [0.05, 0.1) is 17.7 Å². The van der Waals surface area contributed by atoms with Crippen molar-refractivity contribution in [3.63, 3.8) is 0 Å². The van der Waals surface area contributed by atoms with Gasteiger partial charge in [-0.1, -0.05) is 55.7 Å². The van der Waals surface area contributed by atoms with Gasteiger partial charge in [-0.15, -0.1) is 0 Å². The standard InChI is InChI=1S/C31H40N2O4/c1-30(2)27(12-8-9-22-15-19-26(20-16-22)37-31(3,4)29(35)36)32-33(28(30)34)21-23-13-17-25(18-14-23)24-10-6-5-7-11-24/h13-20,24H,5-12,21H2,1-4H3,(H,35,36). The fourth-order valence-electron chi connectivity index (χ4n) is 5.26. The van der Waals surface area contributed by atoms with Crippen LogP contribution in [-0.2, 0) is 22.6 Å². The van der Waals surface area contributed by atoms with Crippen LogP contribution in [0.5, 0.6) is 5.75 Å². The number of ether oxygens (including phenoxy) is 1. The number of carboxylic acid groups (broad SMARTS) is 1. The van der Waals surface area contributed by atoms with Gasteiger partial charge in [0.15, 0.2) is 5.60 Å². The number of carbonyl (C=O) groups excluding carboxylic acids is 1. The predicted molar refractivity (Wildman–Crippen MR) is 146 cm³/mol. The van der Waals surface area contributed by atoms with Gasteiger partial charge >= 0.3 is 5.97 Å². The first-order valence-electron chi connectivity index (χ1n) is 13.6. The first-order chi connectivity index (χ1) is 17.6. The number of nitrogens with zero attached hydrogens (tertiary/aromatic N) is 2. The third-order valence-electron chi connectivity index (χ3n) is 7.81. The number of benzene rings is 2. The minimum absolute atomic E-state index is 0.0569.